The molecule has 0 heteroatoms. The number of hydrogen-bond acceptors (Lipinski definition) is 0. The second kappa shape index (κ2) is 13.0. The summed E-state index contributed by atoms with van der Waals surface area (Å²) >= 11 is 0. The highest BCUT2D eigenvalue weighted by Crippen LogP contribution is 2.66. The summed E-state index contributed by atoms with van der Waals surface area (Å²) in [5, 5.41) is 0. The first-order chi connectivity index (χ1) is 23.8. The normalized spacial score (nSPS) is 29.7. The average Bonchev–Trinajstić information content (AvgIpc) is 3.52. The zero-order chi connectivity index (χ0) is 38.6. The predicted molar refractivity (Wildman–Crippen MR) is 228 cm³/mol. The average molecular weight is 699 g/mol. The minimum atomic E-state index is 0.0475. The van der Waals surface area contributed by atoms with Crippen LogP contribution in [0.3, 0.4) is 0 Å². The Bertz CT molecular complexity index is 1700. The lowest BCUT2D eigenvalue weighted by Crippen LogP contribution is -2.40. The van der Waals surface area contributed by atoms with Crippen molar-refractivity contribution in [1.29, 1.82) is 0 Å². The second-order valence-electron chi connectivity index (χ2n) is 22.1. The van der Waals surface area contributed by atoms with E-state index in [2.05, 4.69) is 173 Å². The SMILES string of the molecule is Cc1cc(C)c(C2=CC3C(C=C2C(C)(C)C)C2C=C(C(C)(C)C)C(c4c(C)cc(C)cc4C)=CC2C3C(C)(C)C2CC(C(C)(C)C)CC2C)c(C)c1. The predicted octanol–water partition coefficient (Wildman–Crippen LogP) is 14.8. The molecule has 0 N–H and O–H groups in total. The van der Waals surface area contributed by atoms with Crippen molar-refractivity contribution < 1.29 is 0 Å². The molecule has 0 heterocycles. The van der Waals surface area contributed by atoms with Crippen molar-refractivity contribution in [3.63, 3.8) is 0 Å². The molecule has 0 radical (unpaired) electrons. The van der Waals surface area contributed by atoms with Crippen molar-refractivity contribution in [2.45, 2.75) is 137 Å². The van der Waals surface area contributed by atoms with E-state index in [1.807, 2.05) is 0 Å². The Morgan fingerprint density at radius 3 is 1.15 bits per heavy atom. The molecule has 0 aromatic heterocycles. The van der Waals surface area contributed by atoms with Crippen LogP contribution < -0.4 is 0 Å². The molecule has 7 atom stereocenters. The van der Waals surface area contributed by atoms with Crippen LogP contribution in [0.15, 0.2) is 59.7 Å². The van der Waals surface area contributed by atoms with E-state index in [-0.39, 0.29) is 16.2 Å². The standard InChI is InChI=1S/C52H74/c1-29-19-32(4)46(33(5)20-29)41-25-39-37(27-44(41)50(11,12)13)38-28-45(51(14,15)16)42(47-34(6)21-30(2)22-35(47)7)26-40(38)48(39)52(17,18)43-24-36(23-31(43)3)49(8,9)10/h19-22,25-28,31,36-40,43,48H,23-24H2,1-18H3. The summed E-state index contributed by atoms with van der Waals surface area (Å²) in [7, 11) is 0. The van der Waals surface area contributed by atoms with Gasteiger partial charge in [-0.15, -0.1) is 0 Å². The quantitative estimate of drug-likeness (QED) is 0.298. The van der Waals surface area contributed by atoms with Gasteiger partial charge in [-0.05, 0) is 179 Å². The first-order valence-electron chi connectivity index (χ1n) is 20.9. The Kier molecular flexibility index (Phi) is 9.79. The Morgan fingerprint density at radius 1 is 0.481 bits per heavy atom. The van der Waals surface area contributed by atoms with Crippen LogP contribution in [0.4, 0.5) is 0 Å². The van der Waals surface area contributed by atoms with Crippen molar-refractivity contribution in [1.82, 2.24) is 0 Å². The summed E-state index contributed by atoms with van der Waals surface area (Å²) in [6.07, 6.45) is 14.1. The maximum absolute atomic E-state index is 2.85. The lowest BCUT2D eigenvalue weighted by molar-refractivity contribution is 0.0499. The van der Waals surface area contributed by atoms with Gasteiger partial charge in [0.2, 0.25) is 0 Å². The molecule has 52 heavy (non-hydrogen) atoms. The van der Waals surface area contributed by atoms with Gasteiger partial charge in [0, 0.05) is 0 Å². The van der Waals surface area contributed by atoms with Crippen molar-refractivity contribution in [3.8, 4) is 0 Å². The molecular formula is C52H74. The van der Waals surface area contributed by atoms with Gasteiger partial charge in [-0.2, -0.15) is 0 Å². The van der Waals surface area contributed by atoms with Crippen LogP contribution in [0.1, 0.15) is 140 Å². The van der Waals surface area contributed by atoms with Crippen LogP contribution in [0, 0.1) is 111 Å². The van der Waals surface area contributed by atoms with Crippen LogP contribution in [0.2, 0.25) is 0 Å². The first-order valence-corrected chi connectivity index (χ1v) is 20.9. The highest BCUT2D eigenvalue weighted by atomic mass is 14.6. The van der Waals surface area contributed by atoms with E-state index in [1.54, 1.807) is 11.1 Å². The summed E-state index contributed by atoms with van der Waals surface area (Å²) < 4.78 is 0. The Hall–Kier alpha value is -2.60. The minimum absolute atomic E-state index is 0.0475. The van der Waals surface area contributed by atoms with E-state index in [0.29, 0.717) is 40.9 Å². The van der Waals surface area contributed by atoms with Crippen LogP contribution in [-0.2, 0) is 0 Å². The molecule has 2 aromatic carbocycles. The van der Waals surface area contributed by atoms with Gasteiger partial charge in [-0.3, -0.25) is 0 Å². The van der Waals surface area contributed by atoms with Crippen molar-refractivity contribution in [2.75, 3.05) is 0 Å². The van der Waals surface area contributed by atoms with Crippen LogP contribution in [-0.4, -0.2) is 0 Å². The van der Waals surface area contributed by atoms with Crippen molar-refractivity contribution in [3.05, 3.63) is 104 Å². The molecule has 4 aliphatic rings. The fraction of sp³-hybridized carbons (Fsp3) is 0.615. The van der Waals surface area contributed by atoms with Crippen molar-refractivity contribution >= 4 is 11.1 Å². The third kappa shape index (κ3) is 6.70. The maximum atomic E-state index is 2.85. The molecule has 2 saturated carbocycles. The molecule has 282 valence electrons. The highest BCUT2D eigenvalue weighted by molar-refractivity contribution is 5.87. The largest absolute Gasteiger partial charge is 0.0758 e. The molecule has 0 nitrogen and oxygen atoms in total. The van der Waals surface area contributed by atoms with E-state index in [0.717, 1.165) is 11.8 Å². The molecular weight excluding hydrogens is 625 g/mol. The number of aryl methyl sites for hydroxylation is 6. The Labute approximate surface area is 320 Å². The van der Waals surface area contributed by atoms with Crippen molar-refractivity contribution in [2.24, 2.45) is 69.0 Å². The number of fused-ring (bicyclic) bond motifs is 3. The van der Waals surface area contributed by atoms with Gasteiger partial charge in [0.05, 0.1) is 0 Å². The molecule has 0 saturated heterocycles. The zero-order valence-electron chi connectivity index (χ0n) is 36.7. The molecule has 0 spiro atoms. The summed E-state index contributed by atoms with van der Waals surface area (Å²) in [6, 6.07) is 9.66. The third-order valence-corrected chi connectivity index (χ3v) is 14.6. The molecule has 2 aromatic rings. The molecule has 0 bridgehead atoms. The lowest BCUT2D eigenvalue weighted by Gasteiger charge is -2.46. The summed E-state index contributed by atoms with van der Waals surface area (Å²) in [5.74, 6) is 4.73. The summed E-state index contributed by atoms with van der Waals surface area (Å²) in [4.78, 5) is 0. The molecule has 0 amide bonds. The number of rotatable bonds is 4. The molecule has 7 unspecified atom stereocenters. The van der Waals surface area contributed by atoms with E-state index >= 15 is 0 Å². The van der Waals surface area contributed by atoms with Gasteiger partial charge in [0.25, 0.3) is 0 Å². The van der Waals surface area contributed by atoms with Gasteiger partial charge in [0.1, 0.15) is 0 Å². The van der Waals surface area contributed by atoms with Crippen LogP contribution in [0.25, 0.3) is 11.1 Å². The summed E-state index contributed by atoms with van der Waals surface area (Å²) in [5.41, 5.74) is 18.1. The highest BCUT2D eigenvalue weighted by Gasteiger charge is 2.59. The second-order valence-corrected chi connectivity index (χ2v) is 22.1. The lowest BCUT2D eigenvalue weighted by atomic mass is 9.58. The molecule has 0 aliphatic heterocycles. The van der Waals surface area contributed by atoms with E-state index in [1.165, 1.54) is 68.5 Å². The number of hydrogen-bond donors (Lipinski definition) is 0. The van der Waals surface area contributed by atoms with Gasteiger partial charge < -0.3 is 0 Å². The van der Waals surface area contributed by atoms with Crippen LogP contribution in [0.5, 0.6) is 0 Å². The fourth-order valence-electron chi connectivity index (χ4n) is 12.4. The summed E-state index contributed by atoms with van der Waals surface area (Å²) in [6.45, 7) is 44.1. The smallest absolute Gasteiger partial charge is 0.00919 e. The number of allylic oxidation sites excluding steroid dienone is 8. The van der Waals surface area contributed by atoms with E-state index in [9.17, 15) is 0 Å². The minimum Gasteiger partial charge on any atom is -0.0758 e. The van der Waals surface area contributed by atoms with Crippen LogP contribution >= 0.6 is 0 Å². The number of benzene rings is 2. The maximum Gasteiger partial charge on any atom is -0.00919 e. The molecule has 4 aliphatic carbocycles. The topological polar surface area (TPSA) is 0 Å². The van der Waals surface area contributed by atoms with E-state index in [4.69, 9.17) is 0 Å². The molecule has 6 rings (SSSR count). The van der Waals surface area contributed by atoms with Gasteiger partial charge in [-0.1, -0.05) is 143 Å². The van der Waals surface area contributed by atoms with E-state index < -0.39 is 0 Å². The molecule has 2 fully saturated rings. The zero-order valence-corrected chi connectivity index (χ0v) is 36.7. The van der Waals surface area contributed by atoms with Gasteiger partial charge in [0.15, 0.2) is 0 Å². The first kappa shape index (κ1) is 39.1. The third-order valence-electron chi connectivity index (χ3n) is 14.6. The Balaban J connectivity index is 1.63. The monoisotopic (exact) mass is 699 g/mol. The fourth-order valence-corrected chi connectivity index (χ4v) is 12.4. The van der Waals surface area contributed by atoms with Gasteiger partial charge >= 0.3 is 0 Å². The van der Waals surface area contributed by atoms with Gasteiger partial charge in [-0.25, -0.2) is 0 Å². The Morgan fingerprint density at radius 2 is 0.846 bits per heavy atom.